The maximum Gasteiger partial charge on any atom is 0.250 e. The first-order chi connectivity index (χ1) is 18.3. The predicted octanol–water partition coefficient (Wildman–Crippen LogP) is 3.72. The van der Waals surface area contributed by atoms with Gasteiger partial charge >= 0.3 is 0 Å². The minimum Gasteiger partial charge on any atom is -0.340 e. The van der Waals surface area contributed by atoms with Gasteiger partial charge in [-0.1, -0.05) is 43.2 Å². The summed E-state index contributed by atoms with van der Waals surface area (Å²) in [4.78, 5) is 33.1. The molecule has 2 aliphatic rings. The van der Waals surface area contributed by atoms with Gasteiger partial charge in [0.25, 0.3) is 10.0 Å². The molecule has 0 radical (unpaired) electrons. The van der Waals surface area contributed by atoms with Crippen LogP contribution in [0.5, 0.6) is 0 Å². The van der Waals surface area contributed by atoms with E-state index in [1.54, 1.807) is 12.1 Å². The van der Waals surface area contributed by atoms with Crippen molar-refractivity contribution in [3.05, 3.63) is 42.0 Å². The zero-order valence-electron chi connectivity index (χ0n) is 22.5. The van der Waals surface area contributed by atoms with Crippen LogP contribution in [0.1, 0.15) is 51.0 Å². The van der Waals surface area contributed by atoms with E-state index in [9.17, 15) is 18.0 Å². The number of sulfonamides is 1. The molecule has 2 amide bonds. The first kappa shape index (κ1) is 28.7. The highest BCUT2D eigenvalue weighted by molar-refractivity contribution is 7.91. The standard InChI is InChI=1S/C28H40N4O4S2/c1-3-4-17-31(20-19-30-15-5-6-16-30)26(33)21-32-18-7-8-24(28(32)34)29-38(35,36)27-14-13-25(37-27)23-11-9-22(2)10-12-23/h9-14,24,29H,3-8,15-21H2,1-2H3/t24-/m0/s1. The molecule has 0 unspecified atom stereocenters. The summed E-state index contributed by atoms with van der Waals surface area (Å²) in [5, 5.41) is 0. The molecule has 2 saturated heterocycles. The van der Waals surface area contributed by atoms with Crippen LogP contribution in [0.15, 0.2) is 40.6 Å². The molecule has 0 bridgehead atoms. The average Bonchev–Trinajstić information content (AvgIpc) is 3.60. The van der Waals surface area contributed by atoms with Crippen LogP contribution < -0.4 is 4.72 Å². The first-order valence-corrected chi connectivity index (χ1v) is 16.0. The lowest BCUT2D eigenvalue weighted by atomic mass is 10.1. The number of nitrogens with zero attached hydrogens (tertiary/aromatic N) is 3. The molecule has 0 saturated carbocycles. The van der Waals surface area contributed by atoms with Gasteiger partial charge in [0.2, 0.25) is 11.8 Å². The van der Waals surface area contributed by atoms with Crippen LogP contribution in [0, 0.1) is 6.92 Å². The third-order valence-corrected chi connectivity index (χ3v) is 10.5. The number of rotatable bonds is 12. The maximum atomic E-state index is 13.3. The number of thiophene rings is 1. The molecular weight excluding hydrogens is 520 g/mol. The Labute approximate surface area is 231 Å². The van der Waals surface area contributed by atoms with Crippen molar-refractivity contribution in [1.29, 1.82) is 0 Å². The van der Waals surface area contributed by atoms with E-state index in [0.29, 0.717) is 32.5 Å². The number of piperidine rings is 1. The number of unbranched alkanes of at least 4 members (excludes halogenated alkanes) is 1. The second kappa shape index (κ2) is 13.2. The van der Waals surface area contributed by atoms with Crippen LogP contribution in [0.3, 0.4) is 0 Å². The molecule has 0 aliphatic carbocycles. The van der Waals surface area contributed by atoms with Crippen molar-refractivity contribution in [2.75, 3.05) is 45.8 Å². The number of amides is 2. The lowest BCUT2D eigenvalue weighted by Gasteiger charge is -2.34. The van der Waals surface area contributed by atoms with E-state index in [4.69, 9.17) is 0 Å². The molecule has 8 nitrogen and oxygen atoms in total. The van der Waals surface area contributed by atoms with Crippen molar-refractivity contribution >= 4 is 33.2 Å². The molecule has 10 heteroatoms. The highest BCUT2D eigenvalue weighted by Gasteiger charge is 2.34. The highest BCUT2D eigenvalue weighted by atomic mass is 32.2. The minimum atomic E-state index is -3.87. The van der Waals surface area contributed by atoms with E-state index in [-0.39, 0.29) is 22.6 Å². The zero-order valence-corrected chi connectivity index (χ0v) is 24.2. The molecule has 1 atom stereocenters. The van der Waals surface area contributed by atoms with E-state index in [2.05, 4.69) is 16.5 Å². The van der Waals surface area contributed by atoms with Crippen molar-refractivity contribution in [1.82, 2.24) is 19.4 Å². The Hall–Kier alpha value is -2.27. The molecule has 2 aliphatic heterocycles. The molecule has 1 aromatic heterocycles. The molecule has 0 spiro atoms. The summed E-state index contributed by atoms with van der Waals surface area (Å²) >= 11 is 1.19. The molecule has 1 N–H and O–H groups in total. The third-order valence-electron chi connectivity index (χ3n) is 7.36. The van der Waals surface area contributed by atoms with Crippen molar-refractivity contribution in [3.63, 3.8) is 0 Å². The second-order valence-corrected chi connectivity index (χ2v) is 13.4. The van der Waals surface area contributed by atoms with Crippen LogP contribution in [-0.4, -0.2) is 86.8 Å². The molecule has 1 aromatic carbocycles. The first-order valence-electron chi connectivity index (χ1n) is 13.7. The summed E-state index contributed by atoms with van der Waals surface area (Å²) in [5.74, 6) is -0.381. The number of hydrogen-bond acceptors (Lipinski definition) is 6. The van der Waals surface area contributed by atoms with Gasteiger partial charge in [0.05, 0.1) is 6.54 Å². The van der Waals surface area contributed by atoms with Gasteiger partial charge in [-0.2, -0.15) is 4.72 Å². The third kappa shape index (κ3) is 7.43. The van der Waals surface area contributed by atoms with Crippen LogP contribution in [-0.2, 0) is 19.6 Å². The molecule has 2 aromatic rings. The normalized spacial score (nSPS) is 18.7. The monoisotopic (exact) mass is 560 g/mol. The Kier molecular flexibility index (Phi) is 9.97. The number of nitrogens with one attached hydrogen (secondary N) is 1. The SMILES string of the molecule is CCCCN(CCN1CCCC1)C(=O)CN1CCC[C@H](NS(=O)(=O)c2ccc(-c3ccc(C)cc3)s2)C1=O. The van der Waals surface area contributed by atoms with Crippen molar-refractivity contribution in [3.8, 4) is 10.4 Å². The van der Waals surface area contributed by atoms with Gasteiger partial charge < -0.3 is 14.7 Å². The van der Waals surface area contributed by atoms with E-state index >= 15 is 0 Å². The summed E-state index contributed by atoms with van der Waals surface area (Å²) in [7, 11) is -3.87. The van der Waals surface area contributed by atoms with Crippen LogP contribution in [0.4, 0.5) is 0 Å². The molecule has 208 valence electrons. The fourth-order valence-corrected chi connectivity index (χ4v) is 7.58. The average molecular weight is 561 g/mol. The predicted molar refractivity (Wildman–Crippen MR) is 152 cm³/mol. The van der Waals surface area contributed by atoms with Gasteiger partial charge in [0.15, 0.2) is 0 Å². The van der Waals surface area contributed by atoms with E-state index in [1.165, 1.54) is 29.1 Å². The summed E-state index contributed by atoms with van der Waals surface area (Å²) in [5.41, 5.74) is 2.09. The Morgan fingerprint density at radius 2 is 1.79 bits per heavy atom. The molecule has 4 rings (SSSR count). The number of aryl methyl sites for hydroxylation is 1. The van der Waals surface area contributed by atoms with E-state index < -0.39 is 16.1 Å². The van der Waals surface area contributed by atoms with Gasteiger partial charge in [-0.3, -0.25) is 9.59 Å². The van der Waals surface area contributed by atoms with Crippen LogP contribution >= 0.6 is 11.3 Å². The lowest BCUT2D eigenvalue weighted by molar-refractivity contribution is -0.143. The minimum absolute atomic E-state index is 0.00263. The van der Waals surface area contributed by atoms with Crippen LogP contribution in [0.25, 0.3) is 10.4 Å². The fourth-order valence-electron chi connectivity index (χ4n) is 5.03. The van der Waals surface area contributed by atoms with Crippen LogP contribution in [0.2, 0.25) is 0 Å². The number of carbonyl (C=O) groups is 2. The number of carbonyl (C=O) groups excluding carboxylic acids is 2. The maximum absolute atomic E-state index is 13.3. The van der Waals surface area contributed by atoms with E-state index in [0.717, 1.165) is 48.5 Å². The summed E-state index contributed by atoms with van der Waals surface area (Å²) in [6, 6.07) is 10.5. The lowest BCUT2D eigenvalue weighted by Crippen LogP contribution is -2.54. The van der Waals surface area contributed by atoms with Gasteiger partial charge in [-0.15, -0.1) is 11.3 Å². The number of benzene rings is 1. The van der Waals surface area contributed by atoms with Crippen molar-refractivity contribution in [2.45, 2.75) is 62.6 Å². The summed E-state index contributed by atoms with van der Waals surface area (Å²) in [6.07, 6.45) is 5.41. The molecular formula is C28H40N4O4S2. The van der Waals surface area contributed by atoms with Gasteiger partial charge in [0.1, 0.15) is 10.3 Å². The summed E-state index contributed by atoms with van der Waals surface area (Å²) in [6.45, 7) is 8.94. The molecule has 38 heavy (non-hydrogen) atoms. The number of likely N-dealkylation sites (tertiary alicyclic amines) is 2. The quantitative estimate of drug-likeness (QED) is 0.428. The Bertz CT molecular complexity index is 1190. The smallest absolute Gasteiger partial charge is 0.250 e. The van der Waals surface area contributed by atoms with Crippen molar-refractivity contribution in [2.24, 2.45) is 0 Å². The fraction of sp³-hybridized carbons (Fsp3) is 0.571. The van der Waals surface area contributed by atoms with Gasteiger partial charge in [-0.05, 0) is 69.8 Å². The zero-order chi connectivity index (χ0) is 27.1. The Morgan fingerprint density at radius 1 is 1.05 bits per heavy atom. The van der Waals surface area contributed by atoms with E-state index in [1.807, 2.05) is 36.1 Å². The molecule has 2 fully saturated rings. The van der Waals surface area contributed by atoms with Crippen molar-refractivity contribution < 1.29 is 18.0 Å². The second-order valence-electron chi connectivity index (χ2n) is 10.3. The molecule has 3 heterocycles. The topological polar surface area (TPSA) is 90.0 Å². The largest absolute Gasteiger partial charge is 0.340 e. The Morgan fingerprint density at radius 3 is 2.50 bits per heavy atom. The van der Waals surface area contributed by atoms with Gasteiger partial charge in [-0.25, -0.2) is 8.42 Å². The van der Waals surface area contributed by atoms with Gasteiger partial charge in [0, 0.05) is 31.1 Å². The number of hydrogen-bond donors (Lipinski definition) is 1. The summed E-state index contributed by atoms with van der Waals surface area (Å²) < 4.78 is 29.1. The Balaban J connectivity index is 1.37. The highest BCUT2D eigenvalue weighted by Crippen LogP contribution is 2.31.